The van der Waals surface area contributed by atoms with E-state index < -0.39 is 0 Å². The average molecular weight is 240 g/mol. The Bertz CT molecular complexity index is 400. The summed E-state index contributed by atoms with van der Waals surface area (Å²) in [6.07, 6.45) is 2.13. The first-order valence-corrected chi connectivity index (χ1v) is 5.72. The molecule has 0 saturated carbocycles. The van der Waals surface area contributed by atoms with Crippen molar-refractivity contribution in [2.45, 2.75) is 13.8 Å². The van der Waals surface area contributed by atoms with Crippen LogP contribution >= 0.6 is 11.6 Å². The fourth-order valence-corrected chi connectivity index (χ4v) is 2.19. The van der Waals surface area contributed by atoms with Gasteiger partial charge in [-0.15, -0.1) is 0 Å². The van der Waals surface area contributed by atoms with Gasteiger partial charge in [0.05, 0.1) is 5.56 Å². The van der Waals surface area contributed by atoms with Crippen molar-refractivity contribution >= 4 is 23.7 Å². The maximum Gasteiger partial charge on any atom is 0.156 e. The van der Waals surface area contributed by atoms with Gasteiger partial charge in [-0.05, 0) is 11.8 Å². The standard InChI is InChI=1S/C11H14ClN3O/c1-7-3-15(4-8(7)2)11-9(5-16)10(12)13-6-14-11/h5-8H,3-4H2,1-2H3. The highest BCUT2D eigenvalue weighted by molar-refractivity contribution is 6.32. The molecule has 0 bridgehead atoms. The molecule has 1 aromatic heterocycles. The lowest BCUT2D eigenvalue weighted by molar-refractivity contribution is 0.112. The lowest BCUT2D eigenvalue weighted by Gasteiger charge is -2.18. The van der Waals surface area contributed by atoms with Crippen LogP contribution in [-0.4, -0.2) is 29.3 Å². The molecule has 1 aliphatic heterocycles. The number of anilines is 1. The van der Waals surface area contributed by atoms with E-state index in [0.717, 1.165) is 19.4 Å². The van der Waals surface area contributed by atoms with Crippen LogP contribution in [0.25, 0.3) is 0 Å². The fraction of sp³-hybridized carbons (Fsp3) is 0.545. The van der Waals surface area contributed by atoms with Gasteiger partial charge in [-0.1, -0.05) is 25.4 Å². The number of nitrogens with zero attached hydrogens (tertiary/aromatic N) is 3. The molecule has 0 aromatic carbocycles. The third kappa shape index (κ3) is 1.89. The van der Waals surface area contributed by atoms with Crippen LogP contribution in [0.3, 0.4) is 0 Å². The number of aromatic nitrogens is 2. The van der Waals surface area contributed by atoms with Crippen LogP contribution in [-0.2, 0) is 0 Å². The van der Waals surface area contributed by atoms with Crippen LogP contribution in [0, 0.1) is 11.8 Å². The molecule has 16 heavy (non-hydrogen) atoms. The summed E-state index contributed by atoms with van der Waals surface area (Å²) in [5.41, 5.74) is 0.394. The number of rotatable bonds is 2. The van der Waals surface area contributed by atoms with E-state index in [1.165, 1.54) is 6.33 Å². The second-order valence-electron chi connectivity index (χ2n) is 4.38. The highest BCUT2D eigenvalue weighted by Gasteiger charge is 2.28. The number of hydrogen-bond acceptors (Lipinski definition) is 4. The summed E-state index contributed by atoms with van der Waals surface area (Å²) < 4.78 is 0. The molecular weight excluding hydrogens is 226 g/mol. The van der Waals surface area contributed by atoms with E-state index in [1.807, 2.05) is 0 Å². The monoisotopic (exact) mass is 239 g/mol. The lowest BCUT2D eigenvalue weighted by atomic mass is 10.0. The number of carbonyl (C=O) groups excluding carboxylic acids is 1. The molecule has 4 nitrogen and oxygen atoms in total. The Morgan fingerprint density at radius 1 is 1.38 bits per heavy atom. The fourth-order valence-electron chi connectivity index (χ4n) is 2.02. The number of hydrogen-bond donors (Lipinski definition) is 0. The van der Waals surface area contributed by atoms with Gasteiger partial charge < -0.3 is 4.90 Å². The van der Waals surface area contributed by atoms with E-state index in [4.69, 9.17) is 11.6 Å². The number of halogens is 1. The summed E-state index contributed by atoms with van der Waals surface area (Å²) in [6, 6.07) is 0. The zero-order valence-corrected chi connectivity index (χ0v) is 10.1. The molecule has 2 rings (SSSR count). The summed E-state index contributed by atoms with van der Waals surface area (Å²) in [5, 5.41) is 0.229. The Labute approximate surface area is 99.6 Å². The van der Waals surface area contributed by atoms with Crippen LogP contribution in [0.2, 0.25) is 5.15 Å². The molecule has 1 aliphatic rings. The maximum absolute atomic E-state index is 11.0. The van der Waals surface area contributed by atoms with E-state index >= 15 is 0 Å². The molecule has 2 atom stereocenters. The van der Waals surface area contributed by atoms with Crippen LogP contribution in [0.15, 0.2) is 6.33 Å². The van der Waals surface area contributed by atoms with Crippen molar-refractivity contribution in [3.63, 3.8) is 0 Å². The van der Waals surface area contributed by atoms with Crippen molar-refractivity contribution in [1.29, 1.82) is 0 Å². The maximum atomic E-state index is 11.0. The van der Waals surface area contributed by atoms with Crippen LogP contribution in [0.4, 0.5) is 5.82 Å². The van der Waals surface area contributed by atoms with Crippen LogP contribution < -0.4 is 4.90 Å². The van der Waals surface area contributed by atoms with Gasteiger partial charge in [-0.3, -0.25) is 4.79 Å². The van der Waals surface area contributed by atoms with Gasteiger partial charge in [-0.2, -0.15) is 0 Å². The van der Waals surface area contributed by atoms with Gasteiger partial charge in [0.2, 0.25) is 0 Å². The van der Waals surface area contributed by atoms with E-state index in [2.05, 4.69) is 28.7 Å². The van der Waals surface area contributed by atoms with Gasteiger partial charge in [0.25, 0.3) is 0 Å². The first kappa shape index (κ1) is 11.3. The zero-order valence-electron chi connectivity index (χ0n) is 9.35. The van der Waals surface area contributed by atoms with Crippen LogP contribution in [0.1, 0.15) is 24.2 Å². The van der Waals surface area contributed by atoms with Crippen molar-refractivity contribution in [2.75, 3.05) is 18.0 Å². The smallest absolute Gasteiger partial charge is 0.156 e. The molecule has 0 aliphatic carbocycles. The quantitative estimate of drug-likeness (QED) is 0.585. The van der Waals surface area contributed by atoms with Gasteiger partial charge in [0, 0.05) is 13.1 Å². The Kier molecular flexibility index (Phi) is 3.10. The molecule has 5 heteroatoms. The highest BCUT2D eigenvalue weighted by Crippen LogP contribution is 2.29. The van der Waals surface area contributed by atoms with Crippen molar-refractivity contribution in [3.8, 4) is 0 Å². The molecule has 1 aromatic rings. The second kappa shape index (κ2) is 4.37. The van der Waals surface area contributed by atoms with E-state index in [0.29, 0.717) is 23.2 Å². The molecule has 0 N–H and O–H groups in total. The van der Waals surface area contributed by atoms with E-state index in [9.17, 15) is 4.79 Å². The summed E-state index contributed by atoms with van der Waals surface area (Å²) in [7, 11) is 0. The summed E-state index contributed by atoms with van der Waals surface area (Å²) in [4.78, 5) is 21.1. The SMILES string of the molecule is CC1CN(c2ncnc(Cl)c2C=O)CC1C. The molecule has 0 radical (unpaired) electrons. The minimum atomic E-state index is 0.229. The third-order valence-electron chi connectivity index (χ3n) is 3.22. The molecule has 2 unspecified atom stereocenters. The highest BCUT2D eigenvalue weighted by atomic mass is 35.5. The predicted octanol–water partition coefficient (Wildman–Crippen LogP) is 2.03. The molecular formula is C11H14ClN3O. The molecule has 2 heterocycles. The third-order valence-corrected chi connectivity index (χ3v) is 3.52. The van der Waals surface area contributed by atoms with Crippen molar-refractivity contribution in [2.24, 2.45) is 11.8 Å². The van der Waals surface area contributed by atoms with Gasteiger partial charge in [0.1, 0.15) is 17.3 Å². The van der Waals surface area contributed by atoms with Crippen molar-refractivity contribution < 1.29 is 4.79 Å². The minimum absolute atomic E-state index is 0.229. The minimum Gasteiger partial charge on any atom is -0.355 e. The molecule has 1 saturated heterocycles. The predicted molar refractivity (Wildman–Crippen MR) is 63.0 cm³/mol. The van der Waals surface area contributed by atoms with E-state index in [-0.39, 0.29) is 5.15 Å². The number of aldehydes is 1. The molecule has 0 amide bonds. The Morgan fingerprint density at radius 3 is 2.56 bits per heavy atom. The largest absolute Gasteiger partial charge is 0.355 e. The first-order chi connectivity index (χ1) is 7.63. The summed E-state index contributed by atoms with van der Waals surface area (Å²) >= 11 is 5.87. The van der Waals surface area contributed by atoms with E-state index in [1.54, 1.807) is 0 Å². The van der Waals surface area contributed by atoms with Gasteiger partial charge in [-0.25, -0.2) is 9.97 Å². The van der Waals surface area contributed by atoms with Gasteiger partial charge >= 0.3 is 0 Å². The molecule has 0 spiro atoms. The second-order valence-corrected chi connectivity index (χ2v) is 4.74. The normalized spacial score (nSPS) is 24.8. The van der Waals surface area contributed by atoms with Crippen LogP contribution in [0.5, 0.6) is 0 Å². The van der Waals surface area contributed by atoms with Gasteiger partial charge in [0.15, 0.2) is 6.29 Å². The Balaban J connectivity index is 2.34. The Morgan fingerprint density at radius 2 is 2.00 bits per heavy atom. The Hall–Kier alpha value is -1.16. The molecule has 86 valence electrons. The first-order valence-electron chi connectivity index (χ1n) is 5.34. The van der Waals surface area contributed by atoms with Crippen molar-refractivity contribution in [3.05, 3.63) is 17.0 Å². The summed E-state index contributed by atoms with van der Waals surface area (Å²) in [6.45, 7) is 6.23. The summed E-state index contributed by atoms with van der Waals surface area (Å²) in [5.74, 6) is 1.87. The van der Waals surface area contributed by atoms with Crippen molar-refractivity contribution in [1.82, 2.24) is 9.97 Å². The lowest BCUT2D eigenvalue weighted by Crippen LogP contribution is -2.22. The zero-order chi connectivity index (χ0) is 11.7. The average Bonchev–Trinajstić information content (AvgIpc) is 2.59. The molecule has 1 fully saturated rings. The number of carbonyl (C=O) groups is 1. The topological polar surface area (TPSA) is 46.1 Å².